The second kappa shape index (κ2) is 9.23. The normalized spacial score (nSPS) is 17.1. The van der Waals surface area contributed by atoms with Gasteiger partial charge in [-0.25, -0.2) is 18.2 Å². The maximum atomic E-state index is 14.7. The van der Waals surface area contributed by atoms with Gasteiger partial charge in [0.05, 0.1) is 17.6 Å². The van der Waals surface area contributed by atoms with Crippen LogP contribution in [0, 0.1) is 11.6 Å². The van der Waals surface area contributed by atoms with Gasteiger partial charge in [0.1, 0.15) is 35.2 Å². The lowest BCUT2D eigenvalue weighted by atomic mass is 10.1. The molecule has 0 bridgehead atoms. The van der Waals surface area contributed by atoms with Crippen molar-refractivity contribution in [1.29, 1.82) is 0 Å². The maximum Gasteiger partial charge on any atom is 0.408 e. The number of carbonyl (C=O) groups is 1. The van der Waals surface area contributed by atoms with Crippen molar-refractivity contribution in [2.75, 3.05) is 18.0 Å². The predicted molar refractivity (Wildman–Crippen MR) is 117 cm³/mol. The standard InChI is InChI=1S/C23H20F6N4O2/c1-2-18(23(27,28)29)30-22(35)15-11-33(17-5-3-12(24)9-16(17)26)21-14(20(15)34)4-6-19(31-21)32-8-7-13(25)10-32/h3-6,9,11,13,18H,2,7-8,10H2,1H3,(H,30,35)/t13-,18-/m0/s1. The monoisotopic (exact) mass is 498 g/mol. The fourth-order valence-electron chi connectivity index (χ4n) is 3.97. The van der Waals surface area contributed by atoms with E-state index in [4.69, 9.17) is 0 Å². The highest BCUT2D eigenvalue weighted by Crippen LogP contribution is 2.26. The minimum Gasteiger partial charge on any atom is -0.354 e. The number of amides is 1. The van der Waals surface area contributed by atoms with Gasteiger partial charge in [-0.2, -0.15) is 13.2 Å². The first-order chi connectivity index (χ1) is 16.5. The fourth-order valence-corrected chi connectivity index (χ4v) is 3.97. The highest BCUT2D eigenvalue weighted by Gasteiger charge is 2.39. The summed E-state index contributed by atoms with van der Waals surface area (Å²) < 4.78 is 82.5. The van der Waals surface area contributed by atoms with Gasteiger partial charge < -0.3 is 10.2 Å². The topological polar surface area (TPSA) is 67.2 Å². The third-order valence-corrected chi connectivity index (χ3v) is 5.81. The van der Waals surface area contributed by atoms with Crippen molar-refractivity contribution >= 4 is 22.8 Å². The van der Waals surface area contributed by atoms with E-state index in [9.17, 15) is 35.9 Å². The Labute approximate surface area is 195 Å². The van der Waals surface area contributed by atoms with E-state index in [1.165, 1.54) is 19.1 Å². The minimum absolute atomic E-state index is 0.0595. The van der Waals surface area contributed by atoms with Crippen molar-refractivity contribution in [3.8, 4) is 5.69 Å². The Morgan fingerprint density at radius 1 is 1.23 bits per heavy atom. The Bertz CT molecular complexity index is 1340. The molecule has 1 amide bonds. The van der Waals surface area contributed by atoms with Crippen molar-refractivity contribution < 1.29 is 31.1 Å². The second-order valence-electron chi connectivity index (χ2n) is 8.19. The highest BCUT2D eigenvalue weighted by atomic mass is 19.4. The van der Waals surface area contributed by atoms with Gasteiger partial charge in [-0.05, 0) is 37.1 Å². The van der Waals surface area contributed by atoms with Crippen LogP contribution >= 0.6 is 0 Å². The Kier molecular flexibility index (Phi) is 6.48. The summed E-state index contributed by atoms with van der Waals surface area (Å²) in [6.45, 7) is 1.63. The van der Waals surface area contributed by atoms with Crippen LogP contribution < -0.4 is 15.6 Å². The molecule has 186 valence electrons. The number of aromatic nitrogens is 2. The average Bonchev–Trinajstić information content (AvgIpc) is 3.23. The largest absolute Gasteiger partial charge is 0.408 e. The first-order valence-corrected chi connectivity index (χ1v) is 10.8. The third kappa shape index (κ3) is 4.82. The molecule has 35 heavy (non-hydrogen) atoms. The maximum absolute atomic E-state index is 14.7. The van der Waals surface area contributed by atoms with Crippen molar-refractivity contribution in [3.05, 3.63) is 63.9 Å². The Morgan fingerprint density at radius 2 is 1.97 bits per heavy atom. The van der Waals surface area contributed by atoms with Gasteiger partial charge >= 0.3 is 6.18 Å². The van der Waals surface area contributed by atoms with Crippen molar-refractivity contribution in [2.45, 2.75) is 38.2 Å². The van der Waals surface area contributed by atoms with E-state index in [-0.39, 0.29) is 35.5 Å². The molecule has 0 aliphatic carbocycles. The van der Waals surface area contributed by atoms with E-state index in [0.717, 1.165) is 22.9 Å². The number of anilines is 1. The molecule has 2 atom stereocenters. The van der Waals surface area contributed by atoms with Crippen LogP contribution in [0.2, 0.25) is 0 Å². The molecule has 1 fully saturated rings. The van der Waals surface area contributed by atoms with Crippen molar-refractivity contribution in [1.82, 2.24) is 14.9 Å². The van der Waals surface area contributed by atoms with Gasteiger partial charge in [0.15, 0.2) is 5.65 Å². The first-order valence-electron chi connectivity index (χ1n) is 10.8. The van der Waals surface area contributed by atoms with Gasteiger partial charge in [-0.1, -0.05) is 6.92 Å². The zero-order valence-electron chi connectivity index (χ0n) is 18.4. The third-order valence-electron chi connectivity index (χ3n) is 5.81. The van der Waals surface area contributed by atoms with Crippen molar-refractivity contribution in [3.63, 3.8) is 0 Å². The van der Waals surface area contributed by atoms with Crippen LogP contribution in [0.1, 0.15) is 30.1 Å². The molecule has 4 rings (SSSR count). The number of alkyl halides is 4. The van der Waals surface area contributed by atoms with E-state index in [0.29, 0.717) is 12.6 Å². The van der Waals surface area contributed by atoms with E-state index < -0.39 is 53.3 Å². The zero-order valence-corrected chi connectivity index (χ0v) is 18.4. The number of nitrogens with one attached hydrogen (secondary N) is 1. The number of halogens is 6. The summed E-state index contributed by atoms with van der Waals surface area (Å²) in [7, 11) is 0. The Morgan fingerprint density at radius 3 is 2.57 bits per heavy atom. The zero-order chi connectivity index (χ0) is 25.5. The lowest BCUT2D eigenvalue weighted by molar-refractivity contribution is -0.153. The number of carbonyl (C=O) groups excluding carboxylic acids is 1. The molecule has 1 aliphatic heterocycles. The molecule has 12 heteroatoms. The molecule has 1 aromatic carbocycles. The van der Waals surface area contributed by atoms with Gasteiger partial charge in [-0.15, -0.1) is 0 Å². The molecule has 0 spiro atoms. The molecule has 0 unspecified atom stereocenters. The highest BCUT2D eigenvalue weighted by molar-refractivity contribution is 5.97. The van der Waals surface area contributed by atoms with E-state index in [2.05, 4.69) is 4.98 Å². The Hall–Kier alpha value is -3.57. The molecule has 1 saturated heterocycles. The minimum atomic E-state index is -4.75. The van der Waals surface area contributed by atoms with Crippen LogP contribution in [-0.4, -0.2) is 46.9 Å². The van der Waals surface area contributed by atoms with Gasteiger partial charge in [0.2, 0.25) is 5.43 Å². The predicted octanol–water partition coefficient (Wildman–Crippen LogP) is 4.28. The molecule has 0 saturated carbocycles. The lowest BCUT2D eigenvalue weighted by Gasteiger charge is -2.21. The summed E-state index contributed by atoms with van der Waals surface area (Å²) in [6, 6.07) is 3.07. The van der Waals surface area contributed by atoms with E-state index in [1.807, 2.05) is 0 Å². The SMILES string of the molecule is CC[C@H](NC(=O)c1cn(-c2ccc(F)cc2F)c2nc(N3CC[C@H](F)C3)ccc2c1=O)C(F)(F)F. The first kappa shape index (κ1) is 24.6. The lowest BCUT2D eigenvalue weighted by Crippen LogP contribution is -2.46. The quantitative estimate of drug-likeness (QED) is 0.534. The van der Waals surface area contributed by atoms with E-state index in [1.54, 1.807) is 10.2 Å². The average molecular weight is 498 g/mol. The van der Waals surface area contributed by atoms with Gasteiger partial charge in [-0.3, -0.25) is 14.2 Å². The Balaban J connectivity index is 1.90. The fraction of sp³-hybridized carbons (Fsp3) is 0.348. The summed E-state index contributed by atoms with van der Waals surface area (Å²) in [5.74, 6) is -2.96. The molecule has 0 radical (unpaired) electrons. The number of rotatable bonds is 5. The van der Waals surface area contributed by atoms with Crippen LogP contribution in [0.15, 0.2) is 41.3 Å². The van der Waals surface area contributed by atoms with Crippen LogP contribution in [0.4, 0.5) is 32.2 Å². The van der Waals surface area contributed by atoms with Crippen LogP contribution in [0.5, 0.6) is 0 Å². The summed E-state index contributed by atoms with van der Waals surface area (Å²) in [5.41, 5.74) is -2.01. The van der Waals surface area contributed by atoms with Crippen molar-refractivity contribution in [2.24, 2.45) is 0 Å². The number of hydrogen-bond acceptors (Lipinski definition) is 4. The van der Waals surface area contributed by atoms with Crippen LogP contribution in [0.25, 0.3) is 16.7 Å². The summed E-state index contributed by atoms with van der Waals surface area (Å²) in [6.07, 6.45) is -5.15. The smallest absolute Gasteiger partial charge is 0.354 e. The molecule has 6 nitrogen and oxygen atoms in total. The molecule has 1 aliphatic rings. The molecule has 3 heterocycles. The molecule has 1 N–H and O–H groups in total. The van der Waals surface area contributed by atoms with Gasteiger partial charge in [0, 0.05) is 18.8 Å². The summed E-state index contributed by atoms with van der Waals surface area (Å²) in [4.78, 5) is 31.8. The number of hydrogen-bond donors (Lipinski definition) is 1. The molecular weight excluding hydrogens is 478 g/mol. The number of benzene rings is 1. The van der Waals surface area contributed by atoms with Crippen LogP contribution in [0.3, 0.4) is 0 Å². The van der Waals surface area contributed by atoms with Crippen LogP contribution in [-0.2, 0) is 0 Å². The van der Waals surface area contributed by atoms with E-state index >= 15 is 0 Å². The second-order valence-corrected chi connectivity index (χ2v) is 8.19. The summed E-state index contributed by atoms with van der Waals surface area (Å²) in [5, 5.41) is 1.61. The number of pyridine rings is 2. The van der Waals surface area contributed by atoms with Gasteiger partial charge in [0.25, 0.3) is 5.91 Å². The summed E-state index contributed by atoms with van der Waals surface area (Å²) >= 11 is 0. The molecular formula is C23H20F6N4O2. The molecule has 2 aromatic heterocycles. The number of fused-ring (bicyclic) bond motifs is 1. The number of nitrogens with zero attached hydrogens (tertiary/aromatic N) is 3. The molecule has 3 aromatic rings.